The number of sulfonamides is 1. The SMILES string of the molecule is Cc1cccc(N(CC(=O)NN=C2CCCCCCC2)S(=O)(=O)c2ccccc2)c1C. The van der Waals surface area contributed by atoms with Crippen LogP contribution in [0.1, 0.15) is 56.1 Å². The lowest BCUT2D eigenvalue weighted by molar-refractivity contribution is -0.119. The summed E-state index contributed by atoms with van der Waals surface area (Å²) < 4.78 is 28.0. The normalized spacial score (nSPS) is 15.0. The minimum Gasteiger partial charge on any atom is -0.271 e. The van der Waals surface area contributed by atoms with Crippen molar-refractivity contribution in [2.45, 2.75) is 63.7 Å². The van der Waals surface area contributed by atoms with E-state index in [0.29, 0.717) is 5.69 Å². The third kappa shape index (κ3) is 5.94. The molecule has 166 valence electrons. The number of amides is 1. The molecule has 1 fully saturated rings. The minimum absolute atomic E-state index is 0.148. The van der Waals surface area contributed by atoms with Gasteiger partial charge in [0.15, 0.2) is 0 Å². The molecule has 2 aromatic carbocycles. The van der Waals surface area contributed by atoms with Crippen LogP contribution in [0, 0.1) is 13.8 Å². The van der Waals surface area contributed by atoms with Gasteiger partial charge in [-0.2, -0.15) is 5.10 Å². The zero-order valence-corrected chi connectivity index (χ0v) is 19.1. The molecule has 1 N–H and O–H groups in total. The summed E-state index contributed by atoms with van der Waals surface area (Å²) in [5.41, 5.74) is 5.86. The van der Waals surface area contributed by atoms with Crippen LogP contribution >= 0.6 is 0 Å². The lowest BCUT2D eigenvalue weighted by Gasteiger charge is -2.26. The van der Waals surface area contributed by atoms with Gasteiger partial charge in [-0.3, -0.25) is 9.10 Å². The first-order valence-corrected chi connectivity index (χ1v) is 12.3. The van der Waals surface area contributed by atoms with Crippen molar-refractivity contribution in [3.8, 4) is 0 Å². The van der Waals surface area contributed by atoms with Crippen LogP contribution in [0.3, 0.4) is 0 Å². The third-order valence-corrected chi connectivity index (χ3v) is 7.51. The molecule has 6 nitrogen and oxygen atoms in total. The molecule has 0 radical (unpaired) electrons. The summed E-state index contributed by atoms with van der Waals surface area (Å²) in [6.45, 7) is 3.45. The van der Waals surface area contributed by atoms with Crippen LogP contribution in [0.4, 0.5) is 5.69 Å². The molecular weight excluding hydrogens is 410 g/mol. The van der Waals surface area contributed by atoms with Crippen LogP contribution in [0.5, 0.6) is 0 Å². The van der Waals surface area contributed by atoms with Crippen molar-refractivity contribution in [3.63, 3.8) is 0 Å². The fourth-order valence-corrected chi connectivity index (χ4v) is 5.26. The molecule has 0 saturated heterocycles. The predicted octanol–water partition coefficient (Wildman–Crippen LogP) is 4.72. The van der Waals surface area contributed by atoms with Gasteiger partial charge < -0.3 is 0 Å². The molecule has 31 heavy (non-hydrogen) atoms. The maximum Gasteiger partial charge on any atom is 0.264 e. The zero-order valence-electron chi connectivity index (χ0n) is 18.3. The second-order valence-corrected chi connectivity index (χ2v) is 9.89. The van der Waals surface area contributed by atoms with Crippen molar-refractivity contribution in [1.82, 2.24) is 5.43 Å². The fraction of sp³-hybridized carbons (Fsp3) is 0.417. The number of anilines is 1. The summed E-state index contributed by atoms with van der Waals surface area (Å²) in [6.07, 6.45) is 7.52. The highest BCUT2D eigenvalue weighted by Crippen LogP contribution is 2.28. The molecular formula is C24H31N3O3S. The van der Waals surface area contributed by atoms with Crippen LogP contribution in [0.25, 0.3) is 0 Å². The predicted molar refractivity (Wildman–Crippen MR) is 125 cm³/mol. The van der Waals surface area contributed by atoms with Crippen molar-refractivity contribution in [3.05, 3.63) is 59.7 Å². The quantitative estimate of drug-likeness (QED) is 0.659. The summed E-state index contributed by atoms with van der Waals surface area (Å²) in [5.74, 6) is -0.449. The molecule has 2 aromatic rings. The molecule has 1 saturated carbocycles. The highest BCUT2D eigenvalue weighted by atomic mass is 32.2. The van der Waals surface area contributed by atoms with Crippen LogP contribution in [-0.2, 0) is 14.8 Å². The number of benzene rings is 2. The van der Waals surface area contributed by atoms with Gasteiger partial charge in [-0.1, -0.05) is 49.6 Å². The van der Waals surface area contributed by atoms with Crippen molar-refractivity contribution in [2.24, 2.45) is 5.10 Å². The number of nitrogens with one attached hydrogen (secondary N) is 1. The number of hydrogen-bond donors (Lipinski definition) is 1. The van der Waals surface area contributed by atoms with E-state index in [4.69, 9.17) is 0 Å². The van der Waals surface area contributed by atoms with Gasteiger partial charge in [0.2, 0.25) is 0 Å². The highest BCUT2D eigenvalue weighted by molar-refractivity contribution is 7.92. The van der Waals surface area contributed by atoms with Crippen molar-refractivity contribution in [1.29, 1.82) is 0 Å². The summed E-state index contributed by atoms with van der Waals surface area (Å²) in [6, 6.07) is 13.7. The number of hydrazone groups is 1. The van der Waals surface area contributed by atoms with E-state index in [1.54, 1.807) is 42.5 Å². The molecule has 0 atom stereocenters. The topological polar surface area (TPSA) is 78.8 Å². The van der Waals surface area contributed by atoms with Crippen molar-refractivity contribution >= 4 is 27.3 Å². The van der Waals surface area contributed by atoms with Gasteiger partial charge >= 0.3 is 0 Å². The summed E-state index contributed by atoms with van der Waals surface area (Å²) >= 11 is 0. The van der Waals surface area contributed by atoms with E-state index < -0.39 is 15.9 Å². The lowest BCUT2D eigenvalue weighted by Crippen LogP contribution is -2.40. The molecule has 0 heterocycles. The Morgan fingerprint density at radius 3 is 2.26 bits per heavy atom. The first kappa shape index (κ1) is 23.0. The Hall–Kier alpha value is -2.67. The molecule has 7 heteroatoms. The van der Waals surface area contributed by atoms with Gasteiger partial charge in [0.1, 0.15) is 6.54 Å². The van der Waals surface area contributed by atoms with E-state index >= 15 is 0 Å². The molecule has 1 amide bonds. The molecule has 0 aliphatic heterocycles. The minimum atomic E-state index is -3.92. The number of rotatable bonds is 6. The fourth-order valence-electron chi connectivity index (χ4n) is 3.76. The van der Waals surface area contributed by atoms with Crippen LogP contribution in [0.15, 0.2) is 58.5 Å². The Kier molecular flexibility index (Phi) is 7.85. The molecule has 1 aliphatic rings. The first-order valence-electron chi connectivity index (χ1n) is 10.9. The smallest absolute Gasteiger partial charge is 0.264 e. The Morgan fingerprint density at radius 2 is 1.58 bits per heavy atom. The summed E-state index contributed by atoms with van der Waals surface area (Å²) in [4.78, 5) is 12.9. The van der Waals surface area contributed by atoms with E-state index in [2.05, 4.69) is 10.5 Å². The number of carbonyl (C=O) groups excluding carboxylic acids is 1. The number of aryl methyl sites for hydroxylation is 1. The molecule has 0 aromatic heterocycles. The molecule has 0 spiro atoms. The standard InChI is InChI=1S/C24H31N3O3S/c1-19-12-11-17-23(20(19)2)27(31(29,30)22-15-9-6-10-16-22)18-24(28)26-25-21-13-7-4-3-5-8-14-21/h6,9-12,15-17H,3-5,7-8,13-14,18H2,1-2H3,(H,26,28). The van der Waals surface area contributed by atoms with E-state index in [9.17, 15) is 13.2 Å². The monoisotopic (exact) mass is 441 g/mol. The van der Waals surface area contributed by atoms with Crippen LogP contribution in [-0.4, -0.2) is 26.6 Å². The van der Waals surface area contributed by atoms with Gasteiger partial charge in [-0.05, 0) is 68.9 Å². The molecule has 0 bridgehead atoms. The van der Waals surface area contributed by atoms with Gasteiger partial charge in [-0.15, -0.1) is 0 Å². The lowest BCUT2D eigenvalue weighted by atomic mass is 9.99. The van der Waals surface area contributed by atoms with E-state index in [1.165, 1.54) is 23.6 Å². The van der Waals surface area contributed by atoms with Crippen LogP contribution in [0.2, 0.25) is 0 Å². The Labute approximate surface area is 185 Å². The maximum atomic E-state index is 13.4. The van der Waals surface area contributed by atoms with E-state index in [1.807, 2.05) is 19.9 Å². The van der Waals surface area contributed by atoms with Gasteiger partial charge in [0.25, 0.3) is 15.9 Å². The van der Waals surface area contributed by atoms with Crippen LogP contribution < -0.4 is 9.73 Å². The molecule has 3 rings (SSSR count). The summed E-state index contributed by atoms with van der Waals surface area (Å²) in [5, 5.41) is 4.32. The molecule has 0 unspecified atom stereocenters. The maximum absolute atomic E-state index is 13.4. The van der Waals surface area contributed by atoms with Gasteiger partial charge in [-0.25, -0.2) is 13.8 Å². The zero-order chi connectivity index (χ0) is 22.3. The average molecular weight is 442 g/mol. The number of hydrogen-bond acceptors (Lipinski definition) is 4. The Bertz CT molecular complexity index is 1020. The average Bonchev–Trinajstić information content (AvgIpc) is 2.74. The highest BCUT2D eigenvalue weighted by Gasteiger charge is 2.28. The second kappa shape index (κ2) is 10.6. The van der Waals surface area contributed by atoms with Crippen molar-refractivity contribution < 1.29 is 13.2 Å². The summed E-state index contributed by atoms with van der Waals surface area (Å²) in [7, 11) is -3.92. The largest absolute Gasteiger partial charge is 0.271 e. The number of nitrogens with zero attached hydrogens (tertiary/aromatic N) is 2. The van der Waals surface area contributed by atoms with E-state index in [0.717, 1.165) is 42.5 Å². The van der Waals surface area contributed by atoms with Crippen molar-refractivity contribution in [2.75, 3.05) is 10.8 Å². The Balaban J connectivity index is 1.86. The number of carbonyl (C=O) groups is 1. The first-order chi connectivity index (χ1) is 14.9. The van der Waals surface area contributed by atoms with Gasteiger partial charge in [0, 0.05) is 5.71 Å². The van der Waals surface area contributed by atoms with E-state index in [-0.39, 0.29) is 11.4 Å². The second-order valence-electron chi connectivity index (χ2n) is 8.02. The molecule has 1 aliphatic carbocycles. The third-order valence-electron chi connectivity index (χ3n) is 5.73. The van der Waals surface area contributed by atoms with Gasteiger partial charge in [0.05, 0.1) is 10.6 Å². The Morgan fingerprint density at radius 1 is 0.935 bits per heavy atom.